The molecule has 2 aromatic carbocycles. The number of halogens is 1. The third-order valence-corrected chi connectivity index (χ3v) is 4.53. The minimum absolute atomic E-state index is 0.00639. The highest BCUT2D eigenvalue weighted by molar-refractivity contribution is 14.1. The monoisotopic (exact) mass is 462 g/mol. The summed E-state index contributed by atoms with van der Waals surface area (Å²) in [4.78, 5) is 0. The van der Waals surface area contributed by atoms with Crippen LogP contribution in [0.25, 0.3) is 0 Å². The molecule has 0 aliphatic carbocycles. The van der Waals surface area contributed by atoms with Crippen LogP contribution < -0.4 is 18.9 Å². The van der Waals surface area contributed by atoms with Gasteiger partial charge < -0.3 is 29.2 Å². The van der Waals surface area contributed by atoms with Crippen molar-refractivity contribution in [3.63, 3.8) is 0 Å². The first kappa shape index (κ1) is 21.3. The van der Waals surface area contributed by atoms with Crippen molar-refractivity contribution < 1.29 is 29.2 Å². The van der Waals surface area contributed by atoms with Gasteiger partial charge in [-0.25, -0.2) is 0 Å². The van der Waals surface area contributed by atoms with Crippen molar-refractivity contribution in [3.05, 3.63) is 45.0 Å². The van der Waals surface area contributed by atoms with E-state index in [-0.39, 0.29) is 13.2 Å². The number of benzene rings is 2. The molecule has 2 N–H and O–H groups in total. The molecule has 0 aliphatic rings. The van der Waals surface area contributed by atoms with Gasteiger partial charge in [0, 0.05) is 12.1 Å². The second-order valence-corrected chi connectivity index (χ2v) is 5.92. The van der Waals surface area contributed by atoms with Crippen LogP contribution in [-0.4, -0.2) is 38.7 Å². The van der Waals surface area contributed by atoms with Gasteiger partial charge in [0.05, 0.1) is 45.2 Å². The Morgan fingerprint density at radius 2 is 1.24 bits per heavy atom. The van der Waals surface area contributed by atoms with Gasteiger partial charge >= 0.3 is 0 Å². The average molecular weight is 462 g/mol. The molecule has 25 heavy (non-hydrogen) atoms. The summed E-state index contributed by atoms with van der Waals surface area (Å²) < 4.78 is 21.1. The first-order chi connectivity index (χ1) is 12.0. The minimum Gasteiger partial charge on any atom is -0.497 e. The van der Waals surface area contributed by atoms with Crippen molar-refractivity contribution >= 4 is 22.6 Å². The summed E-state index contributed by atoms with van der Waals surface area (Å²) in [7, 11) is 6.34. The number of aliphatic hydroxyl groups excluding tert-OH is 2. The van der Waals surface area contributed by atoms with E-state index in [9.17, 15) is 0 Å². The molecule has 0 radical (unpaired) electrons. The maximum absolute atomic E-state index is 9.04. The third kappa shape index (κ3) is 6.26. The zero-order valence-electron chi connectivity index (χ0n) is 14.7. The molecule has 0 aliphatic heterocycles. The predicted octanol–water partition coefficient (Wildman–Crippen LogP) is 3.00. The Bertz CT molecular complexity index is 594. The molecule has 2 aromatic rings. The van der Waals surface area contributed by atoms with Crippen molar-refractivity contribution in [1.29, 1.82) is 0 Å². The van der Waals surface area contributed by atoms with Crippen LogP contribution in [0.4, 0.5) is 0 Å². The molecule has 0 unspecified atom stereocenters. The normalized spacial score (nSPS) is 9.72. The van der Waals surface area contributed by atoms with Gasteiger partial charge in [-0.3, -0.25) is 0 Å². The van der Waals surface area contributed by atoms with Crippen molar-refractivity contribution in [2.75, 3.05) is 28.4 Å². The number of ether oxygens (including phenoxy) is 4. The Balaban J connectivity index is 0.000000251. The van der Waals surface area contributed by atoms with E-state index >= 15 is 0 Å². The summed E-state index contributed by atoms with van der Waals surface area (Å²) in [5, 5.41) is 17.9. The van der Waals surface area contributed by atoms with Gasteiger partial charge in [0.15, 0.2) is 0 Å². The van der Waals surface area contributed by atoms with Crippen LogP contribution in [0, 0.1) is 3.57 Å². The average Bonchev–Trinajstić information content (AvgIpc) is 2.68. The molecule has 7 heteroatoms. The molecule has 0 saturated carbocycles. The quantitative estimate of drug-likeness (QED) is 0.643. The fraction of sp³-hybridized carbons (Fsp3) is 0.333. The molecule has 2 rings (SSSR count). The maximum Gasteiger partial charge on any atom is 0.136 e. The summed E-state index contributed by atoms with van der Waals surface area (Å²) in [5.74, 6) is 2.81. The van der Waals surface area contributed by atoms with Gasteiger partial charge in [-0.2, -0.15) is 0 Å². The number of hydrogen-bond donors (Lipinski definition) is 2. The Kier molecular flexibility index (Phi) is 9.40. The zero-order valence-corrected chi connectivity index (χ0v) is 16.9. The lowest BCUT2D eigenvalue weighted by Gasteiger charge is -2.09. The molecule has 0 fully saturated rings. The summed E-state index contributed by atoms with van der Waals surface area (Å²) in [6.45, 7) is -0.0145. The van der Waals surface area contributed by atoms with Crippen molar-refractivity contribution in [2.45, 2.75) is 13.2 Å². The van der Waals surface area contributed by atoms with Crippen LogP contribution in [0.5, 0.6) is 23.0 Å². The van der Waals surface area contributed by atoms with E-state index < -0.39 is 0 Å². The smallest absolute Gasteiger partial charge is 0.136 e. The van der Waals surface area contributed by atoms with Gasteiger partial charge in [0.1, 0.15) is 23.0 Å². The van der Waals surface area contributed by atoms with E-state index in [1.165, 1.54) is 0 Å². The van der Waals surface area contributed by atoms with Crippen molar-refractivity contribution in [1.82, 2.24) is 0 Å². The molecule has 0 spiro atoms. The Morgan fingerprint density at radius 3 is 1.64 bits per heavy atom. The van der Waals surface area contributed by atoms with Crippen molar-refractivity contribution in [2.24, 2.45) is 0 Å². The molecule has 0 heterocycles. The second-order valence-electron chi connectivity index (χ2n) is 4.84. The fourth-order valence-electron chi connectivity index (χ4n) is 1.97. The standard InChI is InChI=1S/C9H11IO3.C9H12O3/c1-12-7-3-6(5-11)9(10)8(4-7)13-2;1-11-8-3-7(6-10)4-9(5-8)12-2/h3-4,11H,5H2,1-2H3;3-5,10H,6H2,1-2H3. The van der Waals surface area contributed by atoms with E-state index in [1.807, 2.05) is 0 Å². The maximum atomic E-state index is 9.04. The second kappa shape index (κ2) is 11.0. The van der Waals surface area contributed by atoms with E-state index in [4.69, 9.17) is 29.2 Å². The Labute approximate surface area is 161 Å². The fourth-order valence-corrected chi connectivity index (χ4v) is 2.67. The van der Waals surface area contributed by atoms with Crippen LogP contribution >= 0.6 is 22.6 Å². The number of hydrogen-bond acceptors (Lipinski definition) is 6. The predicted molar refractivity (Wildman–Crippen MR) is 104 cm³/mol. The minimum atomic E-state index is -0.00810. The van der Waals surface area contributed by atoms with Crippen LogP contribution in [0.2, 0.25) is 0 Å². The lowest BCUT2D eigenvalue weighted by atomic mass is 10.2. The Hall–Kier alpha value is -1.71. The summed E-state index contributed by atoms with van der Waals surface area (Å²) in [6, 6.07) is 8.88. The van der Waals surface area contributed by atoms with E-state index in [0.717, 1.165) is 20.4 Å². The van der Waals surface area contributed by atoms with Gasteiger partial charge in [-0.1, -0.05) is 0 Å². The first-order valence-corrected chi connectivity index (χ1v) is 8.44. The summed E-state index contributed by atoms with van der Waals surface area (Å²) in [6.07, 6.45) is 0. The molecule has 0 atom stereocenters. The highest BCUT2D eigenvalue weighted by Crippen LogP contribution is 2.29. The van der Waals surface area contributed by atoms with Crippen LogP contribution in [0.1, 0.15) is 11.1 Å². The molecular formula is C18H23IO6. The number of rotatable bonds is 6. The lowest BCUT2D eigenvalue weighted by molar-refractivity contribution is 0.278. The van der Waals surface area contributed by atoms with E-state index in [1.54, 1.807) is 58.8 Å². The van der Waals surface area contributed by atoms with E-state index in [0.29, 0.717) is 17.2 Å². The van der Waals surface area contributed by atoms with Crippen LogP contribution in [0.15, 0.2) is 30.3 Å². The molecule has 0 saturated heterocycles. The zero-order chi connectivity index (χ0) is 18.8. The molecule has 0 bridgehead atoms. The third-order valence-electron chi connectivity index (χ3n) is 3.31. The van der Waals surface area contributed by atoms with Crippen molar-refractivity contribution in [3.8, 4) is 23.0 Å². The largest absolute Gasteiger partial charge is 0.497 e. The molecule has 0 amide bonds. The van der Waals surface area contributed by atoms with Crippen LogP contribution in [-0.2, 0) is 13.2 Å². The molecular weight excluding hydrogens is 439 g/mol. The molecule has 6 nitrogen and oxygen atoms in total. The highest BCUT2D eigenvalue weighted by Gasteiger charge is 2.08. The lowest BCUT2D eigenvalue weighted by Crippen LogP contribution is -1.95. The topological polar surface area (TPSA) is 77.4 Å². The Morgan fingerprint density at radius 1 is 0.720 bits per heavy atom. The molecule has 0 aromatic heterocycles. The van der Waals surface area contributed by atoms with Gasteiger partial charge in [-0.15, -0.1) is 0 Å². The number of aliphatic hydroxyl groups is 2. The van der Waals surface area contributed by atoms with Gasteiger partial charge in [0.25, 0.3) is 0 Å². The highest BCUT2D eigenvalue weighted by atomic mass is 127. The summed E-state index contributed by atoms with van der Waals surface area (Å²) in [5.41, 5.74) is 1.60. The van der Waals surface area contributed by atoms with Crippen LogP contribution in [0.3, 0.4) is 0 Å². The van der Waals surface area contributed by atoms with Gasteiger partial charge in [-0.05, 0) is 51.9 Å². The van der Waals surface area contributed by atoms with E-state index in [2.05, 4.69) is 22.6 Å². The first-order valence-electron chi connectivity index (χ1n) is 7.36. The van der Waals surface area contributed by atoms with Gasteiger partial charge in [0.2, 0.25) is 0 Å². The SMILES string of the molecule is COc1cc(CO)c(I)c(OC)c1.COc1cc(CO)cc(OC)c1. The molecule has 138 valence electrons. The number of methoxy groups -OCH3 is 4. The summed E-state index contributed by atoms with van der Waals surface area (Å²) >= 11 is 2.13.